The Bertz CT molecular complexity index is 1190. The van der Waals surface area contributed by atoms with E-state index in [0.717, 1.165) is 21.3 Å². The van der Waals surface area contributed by atoms with E-state index < -0.39 is 0 Å². The molecule has 0 aliphatic rings. The minimum absolute atomic E-state index is 0.272. The summed E-state index contributed by atoms with van der Waals surface area (Å²) in [6.07, 6.45) is 3.41. The van der Waals surface area contributed by atoms with Crippen LogP contribution in [0.5, 0.6) is 5.75 Å². The first-order valence-electron chi connectivity index (χ1n) is 9.08. The Hall–Kier alpha value is -2.67. The van der Waals surface area contributed by atoms with Gasteiger partial charge in [0, 0.05) is 17.4 Å². The summed E-state index contributed by atoms with van der Waals surface area (Å²) in [7, 11) is 1.52. The third-order valence-corrected chi connectivity index (χ3v) is 6.39. The third-order valence-electron chi connectivity index (χ3n) is 4.62. The average Bonchev–Trinajstić information content (AvgIpc) is 3.21. The van der Waals surface area contributed by atoms with Crippen molar-refractivity contribution in [2.45, 2.75) is 13.5 Å². The van der Waals surface area contributed by atoms with Crippen LogP contribution in [0.4, 0.5) is 5.13 Å². The molecule has 30 heavy (non-hydrogen) atoms. The normalized spacial score (nSPS) is 10.9. The van der Waals surface area contributed by atoms with E-state index in [0.29, 0.717) is 33.0 Å². The minimum Gasteiger partial charge on any atom is -0.496 e. The predicted molar refractivity (Wildman–Crippen MR) is 122 cm³/mol. The Kier molecular flexibility index (Phi) is 5.90. The van der Waals surface area contributed by atoms with Crippen LogP contribution in [0, 0.1) is 6.92 Å². The van der Waals surface area contributed by atoms with Crippen molar-refractivity contribution >= 4 is 55.8 Å². The molecule has 152 valence electrons. The number of anilines is 1. The lowest BCUT2D eigenvalue weighted by molar-refractivity contribution is 0.0982. The van der Waals surface area contributed by atoms with Crippen molar-refractivity contribution in [3.05, 3.63) is 81.6 Å². The smallest absolute Gasteiger partial charge is 0.264 e. The average molecular weight is 458 g/mol. The van der Waals surface area contributed by atoms with E-state index in [2.05, 4.69) is 4.98 Å². The summed E-state index contributed by atoms with van der Waals surface area (Å²) in [5.41, 5.74) is 3.00. The molecule has 0 bridgehead atoms. The van der Waals surface area contributed by atoms with Crippen molar-refractivity contribution in [3.63, 3.8) is 0 Å². The van der Waals surface area contributed by atoms with Gasteiger partial charge in [-0.25, -0.2) is 4.98 Å². The molecule has 4 rings (SSSR count). The highest BCUT2D eigenvalue weighted by Crippen LogP contribution is 2.37. The van der Waals surface area contributed by atoms with Crippen molar-refractivity contribution < 1.29 is 9.53 Å². The molecular weight excluding hydrogens is 441 g/mol. The van der Waals surface area contributed by atoms with Gasteiger partial charge < -0.3 is 4.74 Å². The van der Waals surface area contributed by atoms with E-state index in [1.165, 1.54) is 18.4 Å². The zero-order chi connectivity index (χ0) is 21.3. The standard InChI is InChI=1S/C22H17Cl2N3O2S/c1-13-5-7-17(24)20-19(13)26-22(30-20)27(12-14-4-3-9-25-11-14)21(28)16-10-15(23)6-8-18(16)29-2/h3-11H,12H2,1-2H3. The van der Waals surface area contributed by atoms with Gasteiger partial charge in [0.05, 0.1) is 34.5 Å². The number of fused-ring (bicyclic) bond motifs is 1. The van der Waals surface area contributed by atoms with Gasteiger partial charge in [0.15, 0.2) is 5.13 Å². The molecule has 0 atom stereocenters. The monoisotopic (exact) mass is 457 g/mol. The van der Waals surface area contributed by atoms with Crippen LogP contribution < -0.4 is 9.64 Å². The summed E-state index contributed by atoms with van der Waals surface area (Å²) in [6, 6.07) is 12.5. The lowest BCUT2D eigenvalue weighted by Gasteiger charge is -2.21. The van der Waals surface area contributed by atoms with Gasteiger partial charge in [0.1, 0.15) is 5.75 Å². The number of benzene rings is 2. The van der Waals surface area contributed by atoms with E-state index in [9.17, 15) is 4.79 Å². The number of rotatable bonds is 5. The van der Waals surface area contributed by atoms with Gasteiger partial charge in [-0.1, -0.05) is 46.7 Å². The molecule has 0 fully saturated rings. The summed E-state index contributed by atoms with van der Waals surface area (Å²) in [5, 5.41) is 1.59. The van der Waals surface area contributed by atoms with Gasteiger partial charge in [-0.05, 0) is 48.4 Å². The summed E-state index contributed by atoms with van der Waals surface area (Å²) in [6.45, 7) is 2.26. The number of pyridine rings is 1. The maximum Gasteiger partial charge on any atom is 0.264 e. The molecule has 0 spiro atoms. The zero-order valence-corrected chi connectivity index (χ0v) is 18.6. The van der Waals surface area contributed by atoms with E-state index >= 15 is 0 Å². The number of hydrogen-bond donors (Lipinski definition) is 0. The Morgan fingerprint density at radius 3 is 2.73 bits per heavy atom. The first-order chi connectivity index (χ1) is 14.5. The number of thiazole rings is 1. The lowest BCUT2D eigenvalue weighted by Crippen LogP contribution is -2.30. The largest absolute Gasteiger partial charge is 0.496 e. The Morgan fingerprint density at radius 2 is 2.03 bits per heavy atom. The van der Waals surface area contributed by atoms with Gasteiger partial charge in [-0.15, -0.1) is 0 Å². The van der Waals surface area contributed by atoms with Crippen LogP contribution in [0.1, 0.15) is 21.5 Å². The molecule has 8 heteroatoms. The van der Waals surface area contributed by atoms with Crippen molar-refractivity contribution in [2.24, 2.45) is 0 Å². The summed E-state index contributed by atoms with van der Waals surface area (Å²) in [4.78, 5) is 24.1. The summed E-state index contributed by atoms with van der Waals surface area (Å²) in [5.74, 6) is 0.168. The highest BCUT2D eigenvalue weighted by atomic mass is 35.5. The van der Waals surface area contributed by atoms with Gasteiger partial charge in [0.25, 0.3) is 5.91 Å². The fraction of sp³-hybridized carbons (Fsp3) is 0.136. The van der Waals surface area contributed by atoms with Crippen LogP contribution in [0.25, 0.3) is 10.2 Å². The van der Waals surface area contributed by atoms with Gasteiger partial charge in [0.2, 0.25) is 0 Å². The van der Waals surface area contributed by atoms with Crippen LogP contribution in [-0.2, 0) is 6.54 Å². The van der Waals surface area contributed by atoms with Crippen LogP contribution >= 0.6 is 34.5 Å². The number of carbonyl (C=O) groups excluding carboxylic acids is 1. The molecule has 2 aromatic heterocycles. The Labute approximate surface area is 187 Å². The fourth-order valence-electron chi connectivity index (χ4n) is 3.10. The molecule has 0 aliphatic carbocycles. The maximum absolute atomic E-state index is 13.6. The van der Waals surface area contributed by atoms with Crippen molar-refractivity contribution in [2.75, 3.05) is 12.0 Å². The van der Waals surface area contributed by atoms with E-state index in [4.69, 9.17) is 32.9 Å². The van der Waals surface area contributed by atoms with Crippen LogP contribution in [0.2, 0.25) is 10.0 Å². The fourth-order valence-corrected chi connectivity index (χ4v) is 4.59. The molecule has 0 saturated heterocycles. The molecule has 1 amide bonds. The predicted octanol–water partition coefficient (Wildman–Crippen LogP) is 6.16. The molecule has 0 aliphatic heterocycles. The molecule has 4 aromatic rings. The van der Waals surface area contributed by atoms with Crippen LogP contribution in [-0.4, -0.2) is 23.0 Å². The second kappa shape index (κ2) is 8.60. The summed E-state index contributed by atoms with van der Waals surface area (Å²) >= 11 is 13.9. The molecule has 0 saturated carbocycles. The molecule has 0 unspecified atom stereocenters. The molecule has 0 radical (unpaired) electrons. The highest BCUT2D eigenvalue weighted by molar-refractivity contribution is 7.23. The number of aromatic nitrogens is 2. The Morgan fingerprint density at radius 1 is 1.20 bits per heavy atom. The quantitative estimate of drug-likeness (QED) is 0.359. The second-order valence-electron chi connectivity index (χ2n) is 6.64. The van der Waals surface area contributed by atoms with Gasteiger partial charge in [-0.2, -0.15) is 0 Å². The summed E-state index contributed by atoms with van der Waals surface area (Å²) < 4.78 is 6.24. The number of halogens is 2. The molecule has 0 N–H and O–H groups in total. The maximum atomic E-state index is 13.6. The number of carbonyl (C=O) groups is 1. The first-order valence-corrected chi connectivity index (χ1v) is 10.6. The molecule has 5 nitrogen and oxygen atoms in total. The SMILES string of the molecule is COc1ccc(Cl)cc1C(=O)N(Cc1cccnc1)c1nc2c(C)ccc(Cl)c2s1. The van der Waals surface area contributed by atoms with E-state index in [1.807, 2.05) is 31.2 Å². The van der Waals surface area contributed by atoms with Crippen molar-refractivity contribution in [1.29, 1.82) is 0 Å². The number of aryl methyl sites for hydroxylation is 1. The van der Waals surface area contributed by atoms with Gasteiger partial charge in [-0.3, -0.25) is 14.7 Å². The van der Waals surface area contributed by atoms with Crippen molar-refractivity contribution in [3.8, 4) is 5.75 Å². The van der Waals surface area contributed by atoms with Gasteiger partial charge >= 0.3 is 0 Å². The third kappa shape index (κ3) is 3.99. The number of ether oxygens (including phenoxy) is 1. The number of hydrogen-bond acceptors (Lipinski definition) is 5. The second-order valence-corrected chi connectivity index (χ2v) is 8.46. The van der Waals surface area contributed by atoms with E-state index in [1.54, 1.807) is 35.5 Å². The molecular formula is C22H17Cl2N3O2S. The van der Waals surface area contributed by atoms with Crippen LogP contribution in [0.15, 0.2) is 54.9 Å². The van der Waals surface area contributed by atoms with E-state index in [-0.39, 0.29) is 5.91 Å². The lowest BCUT2D eigenvalue weighted by atomic mass is 10.1. The first kappa shape index (κ1) is 20.6. The van der Waals surface area contributed by atoms with Crippen molar-refractivity contribution in [1.82, 2.24) is 9.97 Å². The number of nitrogens with zero attached hydrogens (tertiary/aromatic N) is 3. The molecule has 2 aromatic carbocycles. The topological polar surface area (TPSA) is 55.3 Å². The molecule has 2 heterocycles. The number of methoxy groups -OCH3 is 1. The minimum atomic E-state index is -0.272. The zero-order valence-electron chi connectivity index (χ0n) is 16.2. The Balaban J connectivity index is 1.85. The highest BCUT2D eigenvalue weighted by Gasteiger charge is 2.25. The van der Waals surface area contributed by atoms with Crippen LogP contribution in [0.3, 0.4) is 0 Å². The number of amides is 1.